The lowest BCUT2D eigenvalue weighted by molar-refractivity contribution is -0.124. The first-order valence-electron chi connectivity index (χ1n) is 14.4. The molecule has 12 heteroatoms. The smallest absolute Gasteiger partial charge is 0.271 e. The van der Waals surface area contributed by atoms with E-state index in [2.05, 4.69) is 36.2 Å². The van der Waals surface area contributed by atoms with Crippen LogP contribution in [-0.2, 0) is 16.0 Å². The Morgan fingerprint density at radius 1 is 1.05 bits per heavy atom. The summed E-state index contributed by atoms with van der Waals surface area (Å²) in [5, 5.41) is 13.9. The third kappa shape index (κ3) is 7.44. The van der Waals surface area contributed by atoms with Gasteiger partial charge in [-0.3, -0.25) is 19.2 Å². The normalized spacial score (nSPS) is 20.3. The maximum atomic E-state index is 13.6. The van der Waals surface area contributed by atoms with Crippen molar-refractivity contribution in [3.05, 3.63) is 82.1 Å². The molecule has 43 heavy (non-hydrogen) atoms. The van der Waals surface area contributed by atoms with Gasteiger partial charge in [0.05, 0.1) is 23.4 Å². The van der Waals surface area contributed by atoms with E-state index >= 15 is 0 Å². The summed E-state index contributed by atoms with van der Waals surface area (Å²) >= 11 is 1.27. The average Bonchev–Trinajstić information content (AvgIpc) is 3.68. The van der Waals surface area contributed by atoms with Crippen LogP contribution in [-0.4, -0.2) is 57.2 Å². The largest absolute Gasteiger partial charge is 0.354 e. The van der Waals surface area contributed by atoms with Crippen LogP contribution in [0.15, 0.2) is 60.2 Å². The van der Waals surface area contributed by atoms with E-state index < -0.39 is 24.0 Å². The summed E-state index contributed by atoms with van der Waals surface area (Å²) in [5.74, 6) is -1.51. The molecule has 2 bridgehead atoms. The zero-order valence-electron chi connectivity index (χ0n) is 24.1. The van der Waals surface area contributed by atoms with Crippen LogP contribution in [0.5, 0.6) is 0 Å². The Kier molecular flexibility index (Phi) is 9.45. The van der Waals surface area contributed by atoms with Gasteiger partial charge in [0.2, 0.25) is 11.8 Å². The molecule has 0 saturated heterocycles. The minimum absolute atomic E-state index is 0.0411. The van der Waals surface area contributed by atoms with Crippen molar-refractivity contribution in [3.63, 3.8) is 0 Å². The van der Waals surface area contributed by atoms with Crippen LogP contribution in [0.4, 0.5) is 0 Å². The predicted octanol–water partition coefficient (Wildman–Crippen LogP) is 3.27. The minimum atomic E-state index is -0.816. The quantitative estimate of drug-likeness (QED) is 0.236. The fraction of sp³-hybridized carbons (Fsp3) is 0.355. The molecule has 4 amide bonds. The van der Waals surface area contributed by atoms with E-state index in [1.54, 1.807) is 29.9 Å². The molecule has 2 aromatic carbocycles. The molecule has 224 valence electrons. The highest BCUT2D eigenvalue weighted by molar-refractivity contribution is 7.09. The van der Waals surface area contributed by atoms with Crippen molar-refractivity contribution in [2.45, 2.75) is 57.7 Å². The van der Waals surface area contributed by atoms with E-state index in [4.69, 9.17) is 0 Å². The summed E-state index contributed by atoms with van der Waals surface area (Å²) in [7, 11) is 0. The third-order valence-electron chi connectivity index (χ3n) is 7.41. The lowest BCUT2D eigenvalue weighted by atomic mass is 10.0. The van der Waals surface area contributed by atoms with Crippen LogP contribution < -0.4 is 21.3 Å². The second kappa shape index (κ2) is 13.6. The summed E-state index contributed by atoms with van der Waals surface area (Å²) in [6, 6.07) is 12.6. The van der Waals surface area contributed by atoms with Crippen LogP contribution in [0.25, 0.3) is 11.0 Å². The molecule has 4 aromatic rings. The number of aromatic nitrogens is 3. The van der Waals surface area contributed by atoms with E-state index in [0.717, 1.165) is 16.6 Å². The standard InChI is InChI=1S/C31H35N7O4S/c1-18(2)26-31-37-25(16-43-31)30(42)36-24(14-19-8-4-3-5-9-19)28(40)32-13-7-6-10-22(29(41)38-26)35-27(39)20-11-12-21-23(15-20)34-17-33-21/h3-5,8-9,11-12,15-18,22,24,26H,6-7,10,13-14H2,1-2H3,(H,32,40)(H,33,34)(H,35,39)(H,36,42)(H,38,41)/t22-,24+,26+/m0/s1. The first kappa shape index (κ1) is 29.9. The lowest BCUT2D eigenvalue weighted by Gasteiger charge is -2.25. The van der Waals surface area contributed by atoms with Crippen LogP contribution in [0.2, 0.25) is 0 Å². The highest BCUT2D eigenvalue weighted by Gasteiger charge is 2.29. The first-order chi connectivity index (χ1) is 20.8. The molecular formula is C31H35N7O4S. The van der Waals surface area contributed by atoms with Gasteiger partial charge >= 0.3 is 0 Å². The van der Waals surface area contributed by atoms with Crippen molar-refractivity contribution in [2.75, 3.05) is 6.54 Å². The number of carbonyl (C=O) groups excluding carboxylic acids is 4. The second-order valence-electron chi connectivity index (χ2n) is 11.0. The number of imidazole rings is 1. The number of aromatic amines is 1. The van der Waals surface area contributed by atoms with E-state index in [-0.39, 0.29) is 29.3 Å². The number of amides is 4. The average molecular weight is 602 g/mol. The number of rotatable bonds is 5. The van der Waals surface area contributed by atoms with Gasteiger partial charge in [-0.1, -0.05) is 44.2 Å². The van der Waals surface area contributed by atoms with Crippen LogP contribution in [0.3, 0.4) is 0 Å². The Hall–Kier alpha value is -4.58. The Morgan fingerprint density at radius 2 is 1.86 bits per heavy atom. The Bertz CT molecular complexity index is 1600. The molecule has 1 aliphatic rings. The zero-order chi connectivity index (χ0) is 30.3. The van der Waals surface area contributed by atoms with Crippen molar-refractivity contribution in [2.24, 2.45) is 5.92 Å². The highest BCUT2D eigenvalue weighted by Crippen LogP contribution is 2.26. The number of hydrogen-bond donors (Lipinski definition) is 5. The molecular weight excluding hydrogens is 566 g/mol. The van der Waals surface area contributed by atoms with Crippen LogP contribution in [0, 0.1) is 5.92 Å². The molecule has 0 aliphatic carbocycles. The van der Waals surface area contributed by atoms with Gasteiger partial charge in [-0.15, -0.1) is 11.3 Å². The maximum Gasteiger partial charge on any atom is 0.271 e. The maximum absolute atomic E-state index is 13.6. The van der Waals surface area contributed by atoms with Gasteiger partial charge in [-0.25, -0.2) is 9.97 Å². The monoisotopic (exact) mass is 601 g/mol. The van der Waals surface area contributed by atoms with Gasteiger partial charge < -0.3 is 26.3 Å². The van der Waals surface area contributed by atoms with Crippen LogP contribution >= 0.6 is 11.3 Å². The van der Waals surface area contributed by atoms with E-state index in [9.17, 15) is 19.2 Å². The summed E-state index contributed by atoms with van der Waals surface area (Å²) < 4.78 is 0. The fourth-order valence-corrected chi connectivity index (χ4v) is 6.01. The number of thiazole rings is 1. The third-order valence-corrected chi connectivity index (χ3v) is 8.34. The van der Waals surface area contributed by atoms with E-state index in [0.29, 0.717) is 42.8 Å². The predicted molar refractivity (Wildman–Crippen MR) is 163 cm³/mol. The van der Waals surface area contributed by atoms with Crippen molar-refractivity contribution >= 4 is 46.0 Å². The van der Waals surface area contributed by atoms with Crippen LogP contribution in [0.1, 0.15) is 70.6 Å². The molecule has 0 unspecified atom stereocenters. The summed E-state index contributed by atoms with van der Waals surface area (Å²) in [6.07, 6.45) is 3.42. The van der Waals surface area contributed by atoms with Gasteiger partial charge in [-0.05, 0) is 48.9 Å². The van der Waals surface area contributed by atoms with E-state index in [1.807, 2.05) is 44.2 Å². The van der Waals surface area contributed by atoms with Crippen molar-refractivity contribution in [1.82, 2.24) is 36.2 Å². The number of fused-ring (bicyclic) bond motifs is 3. The molecule has 0 fully saturated rings. The van der Waals surface area contributed by atoms with Crippen molar-refractivity contribution in [1.29, 1.82) is 0 Å². The van der Waals surface area contributed by atoms with Gasteiger partial charge in [0.1, 0.15) is 22.8 Å². The molecule has 0 saturated carbocycles. The molecule has 2 aromatic heterocycles. The van der Waals surface area contributed by atoms with Gasteiger partial charge in [0.25, 0.3) is 11.8 Å². The molecule has 3 heterocycles. The molecule has 5 rings (SSSR count). The number of nitrogens with zero attached hydrogens (tertiary/aromatic N) is 2. The molecule has 5 N–H and O–H groups in total. The van der Waals surface area contributed by atoms with Gasteiger partial charge in [0.15, 0.2) is 0 Å². The number of hydrogen-bond acceptors (Lipinski definition) is 7. The van der Waals surface area contributed by atoms with Crippen molar-refractivity contribution < 1.29 is 19.2 Å². The number of benzene rings is 2. The first-order valence-corrected chi connectivity index (χ1v) is 15.3. The van der Waals surface area contributed by atoms with Gasteiger partial charge in [-0.2, -0.15) is 0 Å². The lowest BCUT2D eigenvalue weighted by Crippen LogP contribution is -2.49. The number of carbonyl (C=O) groups is 4. The van der Waals surface area contributed by atoms with Crippen molar-refractivity contribution in [3.8, 4) is 0 Å². The molecule has 1 aliphatic heterocycles. The highest BCUT2D eigenvalue weighted by atomic mass is 32.1. The zero-order valence-corrected chi connectivity index (χ0v) is 24.9. The number of nitrogens with one attached hydrogen (secondary N) is 5. The minimum Gasteiger partial charge on any atom is -0.354 e. The molecule has 0 spiro atoms. The van der Waals surface area contributed by atoms with Gasteiger partial charge in [0, 0.05) is 23.9 Å². The molecule has 3 atom stereocenters. The summed E-state index contributed by atoms with van der Waals surface area (Å²) in [5.41, 5.74) is 2.97. The Labute approximate surface area is 253 Å². The SMILES string of the molecule is CC(C)[C@H]1NC(=O)[C@@H](NC(=O)c2ccc3nc[nH]c3c2)CCCCNC(=O)[C@@H](Cc2ccccc2)NC(=O)c2csc1n2. The number of H-pyrrole nitrogens is 1. The Morgan fingerprint density at radius 3 is 2.65 bits per heavy atom. The van der Waals surface area contributed by atoms with E-state index in [1.165, 1.54) is 11.3 Å². The molecule has 0 radical (unpaired) electrons. The second-order valence-corrected chi connectivity index (χ2v) is 11.9. The topological polar surface area (TPSA) is 158 Å². The summed E-state index contributed by atoms with van der Waals surface area (Å²) in [6.45, 7) is 4.27. The molecule has 11 nitrogen and oxygen atoms in total. The fourth-order valence-electron chi connectivity index (χ4n) is 4.99. The Balaban J connectivity index is 1.37. The summed E-state index contributed by atoms with van der Waals surface area (Å²) in [4.78, 5) is 64.9.